The molecule has 1 aliphatic rings. The van der Waals surface area contributed by atoms with Crippen LogP contribution in [-0.4, -0.2) is 50.2 Å². The van der Waals surface area contributed by atoms with Crippen LogP contribution in [0.1, 0.15) is 33.1 Å². The highest BCUT2D eigenvalue weighted by molar-refractivity contribution is 7.10. The molecule has 1 N–H and O–H groups in total. The standard InChI is InChI=1S/C47H29N11O3S/c1-2-10-30-29(9-1)27-36(55-30)47(37-14-7-26-62-37)42-40(33-12-6-23-59-33)38(31-11-3-4-16-49-31)39(32-28-48-20-21-50-32)41(44-51-17-8-18-52-44)43(42)46(35-15-24-61-57-35,34-13-5-19-54-56-34)58(47)45-53-22-25-60-45/h1-28,55H. The average molecular weight is 828 g/mol. The van der Waals surface area contributed by atoms with Crippen LogP contribution in [0.25, 0.3) is 56.1 Å². The Morgan fingerprint density at radius 2 is 1.47 bits per heavy atom. The smallest absolute Gasteiger partial charge is 0.299 e. The van der Waals surface area contributed by atoms with Crippen molar-refractivity contribution in [2.75, 3.05) is 4.90 Å². The van der Waals surface area contributed by atoms with Gasteiger partial charge in [0.2, 0.25) is 0 Å². The highest BCUT2D eigenvalue weighted by Gasteiger charge is 2.69. The van der Waals surface area contributed by atoms with Gasteiger partial charge in [-0.15, -0.1) is 11.3 Å². The third kappa shape index (κ3) is 4.99. The predicted octanol–water partition coefficient (Wildman–Crippen LogP) is 9.34. The molecule has 9 aromatic heterocycles. The molecule has 0 radical (unpaired) electrons. The van der Waals surface area contributed by atoms with Crippen molar-refractivity contribution in [3.8, 4) is 45.2 Å². The van der Waals surface area contributed by atoms with E-state index >= 15 is 0 Å². The van der Waals surface area contributed by atoms with Gasteiger partial charge in [-0.1, -0.05) is 35.5 Å². The number of benzene rings is 2. The molecule has 2 aromatic carbocycles. The van der Waals surface area contributed by atoms with Crippen molar-refractivity contribution in [3.63, 3.8) is 0 Å². The maximum atomic E-state index is 6.62. The van der Waals surface area contributed by atoms with Crippen LogP contribution < -0.4 is 4.90 Å². The summed E-state index contributed by atoms with van der Waals surface area (Å²) < 4.78 is 19.1. The molecule has 0 amide bonds. The molecule has 2 unspecified atom stereocenters. The Labute approximate surface area is 355 Å². The number of fused-ring (bicyclic) bond motifs is 2. The monoisotopic (exact) mass is 827 g/mol. The van der Waals surface area contributed by atoms with Gasteiger partial charge in [-0.2, -0.15) is 10.2 Å². The fraction of sp³-hybridized carbons (Fsp3) is 0.0426. The van der Waals surface area contributed by atoms with Gasteiger partial charge in [0.1, 0.15) is 29.5 Å². The zero-order chi connectivity index (χ0) is 41.1. The van der Waals surface area contributed by atoms with Crippen molar-refractivity contribution in [2.45, 2.75) is 11.1 Å². The first-order chi connectivity index (χ1) is 30.8. The molecule has 0 saturated heterocycles. The Morgan fingerprint density at radius 1 is 0.597 bits per heavy atom. The third-order valence-electron chi connectivity index (χ3n) is 11.4. The minimum Gasteiger partial charge on any atom is -0.464 e. The van der Waals surface area contributed by atoms with Crippen molar-refractivity contribution in [1.82, 2.24) is 50.2 Å². The molecule has 11 aromatic rings. The predicted molar refractivity (Wildman–Crippen MR) is 229 cm³/mol. The molecule has 0 fully saturated rings. The van der Waals surface area contributed by atoms with Gasteiger partial charge < -0.3 is 18.3 Å². The lowest BCUT2D eigenvalue weighted by molar-refractivity contribution is 0.372. The van der Waals surface area contributed by atoms with Crippen molar-refractivity contribution in [3.05, 3.63) is 204 Å². The number of anilines is 1. The summed E-state index contributed by atoms with van der Waals surface area (Å²) in [6.07, 6.45) is 18.3. The van der Waals surface area contributed by atoms with Gasteiger partial charge in [-0.05, 0) is 71.4 Å². The number of H-pyrrole nitrogens is 1. The third-order valence-corrected chi connectivity index (χ3v) is 12.3. The Kier molecular flexibility index (Phi) is 8.08. The molecule has 1 aliphatic heterocycles. The van der Waals surface area contributed by atoms with Crippen LogP contribution in [0.15, 0.2) is 184 Å². The maximum absolute atomic E-state index is 6.62. The van der Waals surface area contributed by atoms with Gasteiger partial charge in [0.15, 0.2) is 11.4 Å². The molecule has 62 heavy (non-hydrogen) atoms. The minimum atomic E-state index is -1.60. The van der Waals surface area contributed by atoms with Crippen molar-refractivity contribution < 1.29 is 13.4 Å². The number of pyridine rings is 1. The van der Waals surface area contributed by atoms with E-state index in [0.29, 0.717) is 62.2 Å². The number of nitrogens with zero attached hydrogens (tertiary/aromatic N) is 10. The Hall–Kier alpha value is -8.43. The summed E-state index contributed by atoms with van der Waals surface area (Å²) in [7, 11) is 0. The average Bonchev–Trinajstić information content (AvgIpc) is 4.20. The Morgan fingerprint density at radius 3 is 2.19 bits per heavy atom. The van der Waals surface area contributed by atoms with E-state index in [1.165, 1.54) is 0 Å². The van der Waals surface area contributed by atoms with Crippen LogP contribution in [0.4, 0.5) is 6.01 Å². The molecule has 0 saturated carbocycles. The minimum absolute atomic E-state index is 0.243. The normalized spacial score (nSPS) is 17.1. The molecule has 14 nitrogen and oxygen atoms in total. The van der Waals surface area contributed by atoms with Crippen LogP contribution in [0.3, 0.4) is 0 Å². The number of furan rings is 1. The summed E-state index contributed by atoms with van der Waals surface area (Å²) in [5, 5.41) is 17.4. The maximum Gasteiger partial charge on any atom is 0.299 e. The van der Waals surface area contributed by atoms with E-state index in [1.54, 1.807) is 85.8 Å². The molecule has 12 rings (SSSR count). The van der Waals surface area contributed by atoms with Gasteiger partial charge in [0.25, 0.3) is 6.01 Å². The lowest BCUT2D eigenvalue weighted by Crippen LogP contribution is -2.55. The Balaban J connectivity index is 1.46. The van der Waals surface area contributed by atoms with Crippen molar-refractivity contribution >= 4 is 28.3 Å². The number of aromatic nitrogens is 10. The van der Waals surface area contributed by atoms with Crippen LogP contribution >= 0.6 is 11.3 Å². The number of rotatable bonds is 9. The van der Waals surface area contributed by atoms with Crippen molar-refractivity contribution in [2.24, 2.45) is 0 Å². The molecular weight excluding hydrogens is 799 g/mol. The quantitative estimate of drug-likeness (QED) is 0.146. The second kappa shape index (κ2) is 14.1. The van der Waals surface area contributed by atoms with Gasteiger partial charge in [-0.3, -0.25) is 19.9 Å². The van der Waals surface area contributed by atoms with E-state index in [2.05, 4.69) is 49.6 Å². The summed E-state index contributed by atoms with van der Waals surface area (Å²) in [6.45, 7) is 0. The highest BCUT2D eigenvalue weighted by atomic mass is 32.1. The zero-order valence-corrected chi connectivity index (χ0v) is 33.1. The summed E-state index contributed by atoms with van der Waals surface area (Å²) >= 11 is 1.58. The van der Waals surface area contributed by atoms with Gasteiger partial charge in [0.05, 0.1) is 41.4 Å². The zero-order valence-electron chi connectivity index (χ0n) is 32.3. The van der Waals surface area contributed by atoms with Crippen LogP contribution in [-0.2, 0) is 11.1 Å². The van der Waals surface area contributed by atoms with Crippen LogP contribution in [0.2, 0.25) is 0 Å². The number of aromatic amines is 1. The van der Waals surface area contributed by atoms with E-state index in [9.17, 15) is 0 Å². The van der Waals surface area contributed by atoms with Gasteiger partial charge >= 0.3 is 0 Å². The fourth-order valence-corrected chi connectivity index (χ4v) is 10.2. The van der Waals surface area contributed by atoms with E-state index in [1.807, 2.05) is 66.7 Å². The van der Waals surface area contributed by atoms with E-state index < -0.39 is 11.1 Å². The van der Waals surface area contributed by atoms with Gasteiger partial charge in [0, 0.05) is 87.0 Å². The number of oxazole rings is 1. The highest BCUT2D eigenvalue weighted by Crippen LogP contribution is 2.68. The first kappa shape index (κ1) is 35.5. The molecule has 2 atom stereocenters. The SMILES string of the molecule is c1ccc(-c2c(-c3cnccn3)c(-c3ncccn3)c3c(c2-c2ccco2)C(c2cc4ccccc4[nH]2)(c2cccs2)N(c2ncco2)C3(c2cccnn2)c2ccon2)nc1. The number of nitrogens with one attached hydrogen (secondary N) is 1. The number of thiophene rings is 1. The molecule has 0 bridgehead atoms. The lowest BCUT2D eigenvalue weighted by atomic mass is 9.72. The summed E-state index contributed by atoms with van der Waals surface area (Å²) in [4.78, 5) is 36.7. The van der Waals surface area contributed by atoms with E-state index in [4.69, 9.17) is 48.5 Å². The molecular formula is C47H29N11O3S. The molecule has 296 valence electrons. The lowest BCUT2D eigenvalue weighted by Gasteiger charge is -2.45. The van der Waals surface area contributed by atoms with Crippen molar-refractivity contribution in [1.29, 1.82) is 0 Å². The largest absolute Gasteiger partial charge is 0.464 e. The van der Waals surface area contributed by atoms with Crippen LogP contribution in [0, 0.1) is 0 Å². The van der Waals surface area contributed by atoms with E-state index in [0.717, 1.165) is 27.0 Å². The van der Waals surface area contributed by atoms with Gasteiger partial charge in [-0.25, -0.2) is 15.0 Å². The Bertz CT molecular complexity index is 3260. The second-order valence-electron chi connectivity index (χ2n) is 14.4. The first-order valence-electron chi connectivity index (χ1n) is 19.5. The number of hydrogen-bond acceptors (Lipinski definition) is 14. The number of para-hydroxylation sites is 1. The number of hydrogen-bond donors (Lipinski definition) is 1. The summed E-state index contributed by atoms with van der Waals surface area (Å²) in [6, 6.07) is 31.8. The summed E-state index contributed by atoms with van der Waals surface area (Å²) in [5.74, 6) is 0.933. The fourth-order valence-electron chi connectivity index (χ4n) is 9.22. The van der Waals surface area contributed by atoms with E-state index in [-0.39, 0.29) is 6.01 Å². The van der Waals surface area contributed by atoms with Crippen LogP contribution in [0.5, 0.6) is 0 Å². The molecule has 10 heterocycles. The topological polar surface area (TPSA) is 174 Å². The molecule has 15 heteroatoms. The second-order valence-corrected chi connectivity index (χ2v) is 15.4. The summed E-state index contributed by atoms with van der Waals surface area (Å²) in [5.41, 5.74) is 4.83. The molecule has 0 spiro atoms. The molecule has 0 aliphatic carbocycles. The first-order valence-corrected chi connectivity index (χ1v) is 20.4.